The van der Waals surface area contributed by atoms with E-state index in [1.807, 2.05) is 0 Å². The second kappa shape index (κ2) is 4.89. The van der Waals surface area contributed by atoms with Crippen molar-refractivity contribution in [2.75, 3.05) is 13.1 Å². The van der Waals surface area contributed by atoms with Crippen LogP contribution in [0, 0.1) is 0 Å². The van der Waals surface area contributed by atoms with Crippen molar-refractivity contribution in [2.45, 2.75) is 31.7 Å². The summed E-state index contributed by atoms with van der Waals surface area (Å²) >= 11 is 0. The lowest BCUT2D eigenvalue weighted by molar-refractivity contribution is -0.157. The molecule has 0 saturated carbocycles. The molecule has 0 aromatic carbocycles. The van der Waals surface area contributed by atoms with E-state index in [9.17, 15) is 27.2 Å². The van der Waals surface area contributed by atoms with Gasteiger partial charge < -0.3 is 10.2 Å². The van der Waals surface area contributed by atoms with Crippen LogP contribution in [0.2, 0.25) is 0 Å². The highest BCUT2D eigenvalue weighted by Crippen LogP contribution is 2.24. The zero-order valence-corrected chi connectivity index (χ0v) is 9.05. The molecule has 0 bridgehead atoms. The van der Waals surface area contributed by atoms with Gasteiger partial charge in [-0.1, -0.05) is 0 Å². The van der Waals surface area contributed by atoms with Crippen LogP contribution < -0.4 is 5.32 Å². The van der Waals surface area contributed by atoms with Crippen molar-refractivity contribution in [1.29, 1.82) is 0 Å². The lowest BCUT2D eigenvalue weighted by Crippen LogP contribution is -2.48. The number of hydrogen-bond acceptors (Lipinski definition) is 2. The number of amides is 2. The van der Waals surface area contributed by atoms with Crippen LogP contribution in [0.3, 0.4) is 0 Å². The molecule has 1 saturated heterocycles. The van der Waals surface area contributed by atoms with Crippen LogP contribution in [0.5, 0.6) is 0 Å². The van der Waals surface area contributed by atoms with Gasteiger partial charge >= 0.3 is 12.3 Å². The second-order valence-corrected chi connectivity index (χ2v) is 3.86. The van der Waals surface area contributed by atoms with E-state index in [0.717, 1.165) is 0 Å². The van der Waals surface area contributed by atoms with Gasteiger partial charge in [0.15, 0.2) is 0 Å². The van der Waals surface area contributed by atoms with Crippen LogP contribution in [-0.4, -0.2) is 48.2 Å². The maximum atomic E-state index is 12.8. The summed E-state index contributed by atoms with van der Waals surface area (Å²) in [5.41, 5.74) is 0. The molecule has 0 aromatic rings. The zero-order chi connectivity index (χ0) is 13.2. The molecule has 1 aliphatic rings. The quantitative estimate of drug-likeness (QED) is 0.753. The molecule has 0 aromatic heterocycles. The summed E-state index contributed by atoms with van der Waals surface area (Å²) in [6.45, 7) is -0.334. The van der Waals surface area contributed by atoms with E-state index < -0.39 is 36.7 Å². The molecule has 1 rings (SSSR count). The van der Waals surface area contributed by atoms with Crippen LogP contribution in [0.25, 0.3) is 0 Å². The van der Waals surface area contributed by atoms with E-state index in [2.05, 4.69) is 5.32 Å². The van der Waals surface area contributed by atoms with Gasteiger partial charge in [0.25, 0.3) is 0 Å². The van der Waals surface area contributed by atoms with E-state index >= 15 is 0 Å². The van der Waals surface area contributed by atoms with Crippen molar-refractivity contribution in [1.82, 2.24) is 10.2 Å². The summed E-state index contributed by atoms with van der Waals surface area (Å²) in [7, 11) is 0. The number of carbonyl (C=O) groups excluding carboxylic acids is 2. The fourth-order valence-electron chi connectivity index (χ4n) is 1.48. The van der Waals surface area contributed by atoms with Gasteiger partial charge in [0.2, 0.25) is 11.8 Å². The van der Waals surface area contributed by atoms with Crippen LogP contribution in [0.1, 0.15) is 13.3 Å². The van der Waals surface area contributed by atoms with Gasteiger partial charge in [-0.05, 0) is 6.92 Å². The second-order valence-electron chi connectivity index (χ2n) is 3.86. The predicted molar refractivity (Wildman–Crippen MR) is 49.8 cm³/mol. The summed E-state index contributed by atoms with van der Waals surface area (Å²) in [5.74, 6) is -5.51. The van der Waals surface area contributed by atoms with Crippen molar-refractivity contribution >= 4 is 11.8 Å². The minimum Gasteiger partial charge on any atom is -0.345 e. The number of alkyl halides is 4. The smallest absolute Gasteiger partial charge is 0.324 e. The number of hydrogen-bond donors (Lipinski definition) is 1. The maximum absolute atomic E-state index is 12.8. The van der Waals surface area contributed by atoms with E-state index in [0.29, 0.717) is 4.90 Å². The zero-order valence-electron chi connectivity index (χ0n) is 9.05. The molecule has 0 spiro atoms. The molecule has 0 radical (unpaired) electrons. The third-order valence-electron chi connectivity index (χ3n) is 2.39. The van der Waals surface area contributed by atoms with Crippen LogP contribution in [-0.2, 0) is 9.59 Å². The summed E-state index contributed by atoms with van der Waals surface area (Å²) < 4.78 is 49.6. The molecular formula is C9H12F4N2O2. The fourth-order valence-corrected chi connectivity index (χ4v) is 1.48. The predicted octanol–water partition coefficient (Wildman–Crippen LogP) is 0.624. The largest absolute Gasteiger partial charge is 0.345 e. The van der Waals surface area contributed by atoms with Gasteiger partial charge in [0, 0.05) is 13.0 Å². The summed E-state index contributed by atoms with van der Waals surface area (Å²) in [4.78, 5) is 23.2. The standard InChI is InChI=1S/C9H12F4N2O2/c1-5-7(17)15(3-2-6(16)14-5)4-9(12,13)8(10)11/h5,8H,2-4H2,1H3,(H,14,16). The lowest BCUT2D eigenvalue weighted by atomic mass is 10.2. The highest BCUT2D eigenvalue weighted by Gasteiger charge is 2.44. The van der Waals surface area contributed by atoms with Gasteiger partial charge in [-0.3, -0.25) is 9.59 Å². The molecule has 1 aliphatic heterocycles. The Morgan fingerprint density at radius 3 is 2.59 bits per heavy atom. The Morgan fingerprint density at radius 2 is 2.06 bits per heavy atom. The molecule has 17 heavy (non-hydrogen) atoms. The molecule has 1 atom stereocenters. The minimum absolute atomic E-state index is 0.171. The summed E-state index contributed by atoms with van der Waals surface area (Å²) in [6.07, 6.45) is -4.01. The Morgan fingerprint density at radius 1 is 1.47 bits per heavy atom. The molecular weight excluding hydrogens is 244 g/mol. The van der Waals surface area contributed by atoms with Crippen molar-refractivity contribution in [3.63, 3.8) is 0 Å². The van der Waals surface area contributed by atoms with Gasteiger partial charge in [-0.15, -0.1) is 0 Å². The first-order valence-electron chi connectivity index (χ1n) is 4.98. The average Bonchev–Trinajstić information content (AvgIpc) is 2.31. The number of nitrogens with one attached hydrogen (secondary N) is 1. The third kappa shape index (κ3) is 3.31. The van der Waals surface area contributed by atoms with E-state index in [1.165, 1.54) is 6.92 Å². The molecule has 0 aliphatic carbocycles. The molecule has 98 valence electrons. The third-order valence-corrected chi connectivity index (χ3v) is 2.39. The molecule has 1 unspecified atom stereocenters. The number of halogens is 4. The van der Waals surface area contributed by atoms with Crippen molar-refractivity contribution in [3.05, 3.63) is 0 Å². The van der Waals surface area contributed by atoms with Gasteiger partial charge in [-0.25, -0.2) is 8.78 Å². The molecule has 8 heteroatoms. The lowest BCUT2D eigenvalue weighted by Gasteiger charge is -2.26. The van der Waals surface area contributed by atoms with E-state index in [4.69, 9.17) is 0 Å². The minimum atomic E-state index is -4.26. The van der Waals surface area contributed by atoms with Gasteiger partial charge in [-0.2, -0.15) is 8.78 Å². The van der Waals surface area contributed by atoms with Crippen molar-refractivity contribution in [2.24, 2.45) is 0 Å². The molecule has 1 fully saturated rings. The summed E-state index contributed by atoms with van der Waals surface area (Å²) in [6, 6.07) is -0.974. The number of carbonyl (C=O) groups is 2. The monoisotopic (exact) mass is 256 g/mol. The fraction of sp³-hybridized carbons (Fsp3) is 0.778. The van der Waals surface area contributed by atoms with Crippen molar-refractivity contribution < 1.29 is 27.2 Å². The number of nitrogens with zero attached hydrogens (tertiary/aromatic N) is 1. The Labute approximate surface area is 94.9 Å². The normalized spacial score (nSPS) is 22.7. The molecule has 1 N–H and O–H groups in total. The average molecular weight is 256 g/mol. The Bertz CT molecular complexity index is 322. The summed E-state index contributed by atoms with van der Waals surface area (Å²) in [5, 5.41) is 2.27. The van der Waals surface area contributed by atoms with E-state index in [1.54, 1.807) is 0 Å². The highest BCUT2D eigenvalue weighted by atomic mass is 19.3. The SMILES string of the molecule is CC1NC(=O)CCN(CC(F)(F)C(F)F)C1=O. The van der Waals surface area contributed by atoms with Crippen LogP contribution in [0.15, 0.2) is 0 Å². The van der Waals surface area contributed by atoms with Crippen LogP contribution >= 0.6 is 0 Å². The first-order valence-corrected chi connectivity index (χ1v) is 4.98. The first-order chi connectivity index (χ1) is 7.74. The molecule has 1 heterocycles. The maximum Gasteiger partial charge on any atom is 0.324 e. The first kappa shape index (κ1) is 13.7. The van der Waals surface area contributed by atoms with Gasteiger partial charge in [0.1, 0.15) is 6.04 Å². The Hall–Kier alpha value is -1.34. The Balaban J connectivity index is 2.76. The molecule has 2 amide bonds. The van der Waals surface area contributed by atoms with E-state index in [-0.39, 0.29) is 13.0 Å². The number of rotatable bonds is 3. The van der Waals surface area contributed by atoms with Gasteiger partial charge in [0.05, 0.1) is 6.54 Å². The van der Waals surface area contributed by atoms with Crippen LogP contribution in [0.4, 0.5) is 17.6 Å². The highest BCUT2D eigenvalue weighted by molar-refractivity contribution is 5.89. The Kier molecular flexibility index (Phi) is 3.94. The topological polar surface area (TPSA) is 49.4 Å². The van der Waals surface area contributed by atoms with Crippen molar-refractivity contribution in [3.8, 4) is 0 Å². The molecule has 4 nitrogen and oxygen atoms in total.